The van der Waals surface area contributed by atoms with Crippen LogP contribution in [0.25, 0.3) is 11.1 Å². The second-order valence-corrected chi connectivity index (χ2v) is 9.56. The molecule has 1 aliphatic carbocycles. The van der Waals surface area contributed by atoms with E-state index in [-0.39, 0.29) is 30.8 Å². The number of ether oxygens (including phenoxy) is 1. The van der Waals surface area contributed by atoms with E-state index in [0.29, 0.717) is 6.54 Å². The van der Waals surface area contributed by atoms with Crippen LogP contribution in [0.5, 0.6) is 0 Å². The molecule has 2 aromatic carbocycles. The second kappa shape index (κ2) is 10.5. The highest BCUT2D eigenvalue weighted by Crippen LogP contribution is 2.44. The average Bonchev–Trinajstić information content (AvgIpc) is 3.08. The zero-order chi connectivity index (χ0) is 24.0. The van der Waals surface area contributed by atoms with Crippen molar-refractivity contribution in [1.82, 2.24) is 10.6 Å². The van der Waals surface area contributed by atoms with E-state index in [1.165, 1.54) is 0 Å². The van der Waals surface area contributed by atoms with Crippen LogP contribution in [0, 0.1) is 5.41 Å². The van der Waals surface area contributed by atoms with Crippen LogP contribution in [0.2, 0.25) is 0 Å². The molecule has 0 heterocycles. The summed E-state index contributed by atoms with van der Waals surface area (Å²) in [5, 5.41) is 14.4. The Morgan fingerprint density at radius 3 is 2.12 bits per heavy atom. The summed E-state index contributed by atoms with van der Waals surface area (Å²) in [5.41, 5.74) is 4.48. The summed E-state index contributed by atoms with van der Waals surface area (Å²) >= 11 is 0. The van der Waals surface area contributed by atoms with Crippen molar-refractivity contribution in [1.29, 1.82) is 0 Å². The molecule has 0 saturated carbocycles. The van der Waals surface area contributed by atoms with Gasteiger partial charge in [0, 0.05) is 18.9 Å². The van der Waals surface area contributed by atoms with Gasteiger partial charge in [-0.05, 0) is 40.5 Å². The summed E-state index contributed by atoms with van der Waals surface area (Å²) < 4.78 is 5.51. The molecule has 0 bridgehead atoms. The van der Waals surface area contributed by atoms with Crippen LogP contribution in [-0.4, -0.2) is 42.3 Å². The molecule has 0 radical (unpaired) electrons. The Bertz CT molecular complexity index is 966. The number of rotatable bonds is 9. The molecule has 1 aliphatic rings. The molecule has 2 amide bonds. The van der Waals surface area contributed by atoms with E-state index in [4.69, 9.17) is 9.84 Å². The third-order valence-corrected chi connectivity index (χ3v) is 5.77. The number of carbonyl (C=O) groups is 3. The fourth-order valence-electron chi connectivity index (χ4n) is 4.00. The van der Waals surface area contributed by atoms with E-state index in [9.17, 15) is 14.4 Å². The number of amides is 2. The smallest absolute Gasteiger partial charge is 0.407 e. The van der Waals surface area contributed by atoms with Crippen molar-refractivity contribution in [3.63, 3.8) is 0 Å². The lowest BCUT2D eigenvalue weighted by Gasteiger charge is -2.21. The van der Waals surface area contributed by atoms with Crippen LogP contribution in [-0.2, 0) is 14.3 Å². The van der Waals surface area contributed by atoms with Crippen molar-refractivity contribution in [3.8, 4) is 11.1 Å². The predicted octanol–water partition coefficient (Wildman–Crippen LogP) is 4.31. The number of alkyl carbamates (subject to hydrolysis) is 1. The maximum Gasteiger partial charge on any atom is 0.407 e. The largest absolute Gasteiger partial charge is 0.481 e. The van der Waals surface area contributed by atoms with E-state index < -0.39 is 24.0 Å². The van der Waals surface area contributed by atoms with Gasteiger partial charge in [0.15, 0.2) is 0 Å². The molecule has 0 spiro atoms. The van der Waals surface area contributed by atoms with Gasteiger partial charge >= 0.3 is 12.1 Å². The minimum absolute atomic E-state index is 0.0130. The fourth-order valence-corrected chi connectivity index (χ4v) is 4.00. The number of hydrogen-bond donors (Lipinski definition) is 3. The van der Waals surface area contributed by atoms with E-state index in [1.54, 1.807) is 0 Å². The molecule has 33 heavy (non-hydrogen) atoms. The molecule has 3 rings (SSSR count). The van der Waals surface area contributed by atoms with Gasteiger partial charge in [-0.2, -0.15) is 0 Å². The molecule has 0 aliphatic heterocycles. The fraction of sp³-hybridized carbons (Fsp3) is 0.423. The van der Waals surface area contributed by atoms with Crippen molar-refractivity contribution >= 4 is 18.0 Å². The van der Waals surface area contributed by atoms with Gasteiger partial charge in [-0.1, -0.05) is 69.3 Å². The Labute approximate surface area is 194 Å². The molecule has 3 N–H and O–H groups in total. The molecule has 0 fully saturated rings. The molecule has 7 nitrogen and oxygen atoms in total. The zero-order valence-electron chi connectivity index (χ0n) is 19.4. The van der Waals surface area contributed by atoms with E-state index >= 15 is 0 Å². The zero-order valence-corrected chi connectivity index (χ0v) is 19.4. The van der Waals surface area contributed by atoms with Crippen LogP contribution >= 0.6 is 0 Å². The van der Waals surface area contributed by atoms with Gasteiger partial charge in [-0.25, -0.2) is 4.79 Å². The van der Waals surface area contributed by atoms with Crippen molar-refractivity contribution in [2.75, 3.05) is 13.2 Å². The molecule has 1 atom stereocenters. The molecular weight excluding hydrogens is 420 g/mol. The third-order valence-electron chi connectivity index (χ3n) is 5.77. The number of aliphatic carboxylic acids is 1. The Morgan fingerprint density at radius 1 is 1.00 bits per heavy atom. The van der Waals surface area contributed by atoms with Crippen LogP contribution in [0.4, 0.5) is 4.79 Å². The molecule has 0 saturated heterocycles. The SMILES string of the molecule is CC(C)(C)CCNC(=O)C(CCC(=O)O)NC(=O)OCC1c2ccccc2-c2ccccc21. The topological polar surface area (TPSA) is 105 Å². The van der Waals surface area contributed by atoms with Gasteiger partial charge in [0.1, 0.15) is 12.6 Å². The lowest BCUT2D eigenvalue weighted by molar-refractivity contribution is -0.137. The number of carboxylic acids is 1. The highest BCUT2D eigenvalue weighted by molar-refractivity contribution is 5.86. The van der Waals surface area contributed by atoms with Crippen LogP contribution < -0.4 is 10.6 Å². The normalized spacial score (nSPS) is 13.5. The van der Waals surface area contributed by atoms with E-state index in [1.807, 2.05) is 36.4 Å². The van der Waals surface area contributed by atoms with Gasteiger partial charge in [0.05, 0.1) is 0 Å². The first-order chi connectivity index (χ1) is 15.7. The lowest BCUT2D eigenvalue weighted by atomic mass is 9.92. The summed E-state index contributed by atoms with van der Waals surface area (Å²) in [7, 11) is 0. The van der Waals surface area contributed by atoms with Crippen LogP contribution in [0.1, 0.15) is 57.1 Å². The molecule has 2 aromatic rings. The summed E-state index contributed by atoms with van der Waals surface area (Å²) in [6, 6.07) is 15.1. The number of carboxylic acid groups (broad SMARTS) is 1. The maximum atomic E-state index is 12.6. The number of benzene rings is 2. The highest BCUT2D eigenvalue weighted by atomic mass is 16.5. The summed E-state index contributed by atoms with van der Waals surface area (Å²) in [4.78, 5) is 36.2. The summed E-state index contributed by atoms with van der Waals surface area (Å²) in [6.45, 7) is 6.76. The van der Waals surface area contributed by atoms with E-state index in [0.717, 1.165) is 28.7 Å². The maximum absolute atomic E-state index is 12.6. The first-order valence-electron chi connectivity index (χ1n) is 11.3. The number of carbonyl (C=O) groups excluding carboxylic acids is 2. The minimum Gasteiger partial charge on any atom is -0.481 e. The average molecular weight is 453 g/mol. The minimum atomic E-state index is -1.03. The Kier molecular flexibility index (Phi) is 7.74. The van der Waals surface area contributed by atoms with Gasteiger partial charge < -0.3 is 20.5 Å². The molecule has 176 valence electrons. The van der Waals surface area contributed by atoms with Crippen molar-refractivity contribution in [2.45, 2.75) is 52.0 Å². The quantitative estimate of drug-likeness (QED) is 0.526. The van der Waals surface area contributed by atoms with Crippen molar-refractivity contribution in [2.24, 2.45) is 5.41 Å². The van der Waals surface area contributed by atoms with E-state index in [2.05, 4.69) is 43.5 Å². The summed E-state index contributed by atoms with van der Waals surface area (Å²) in [6.07, 6.45) is -0.227. The Hall–Kier alpha value is -3.35. The van der Waals surface area contributed by atoms with Crippen LogP contribution in [0.3, 0.4) is 0 Å². The molecule has 0 aromatic heterocycles. The second-order valence-electron chi connectivity index (χ2n) is 9.56. The lowest BCUT2D eigenvalue weighted by Crippen LogP contribution is -2.47. The monoisotopic (exact) mass is 452 g/mol. The van der Waals surface area contributed by atoms with Crippen molar-refractivity contribution in [3.05, 3.63) is 59.7 Å². The highest BCUT2D eigenvalue weighted by Gasteiger charge is 2.30. The summed E-state index contributed by atoms with van der Waals surface area (Å²) in [5.74, 6) is -1.54. The van der Waals surface area contributed by atoms with Gasteiger partial charge in [-0.15, -0.1) is 0 Å². The van der Waals surface area contributed by atoms with Gasteiger partial charge in [-0.3, -0.25) is 9.59 Å². The number of nitrogens with one attached hydrogen (secondary N) is 2. The Morgan fingerprint density at radius 2 is 1.58 bits per heavy atom. The first-order valence-corrected chi connectivity index (χ1v) is 11.3. The molecular formula is C26H32N2O5. The van der Waals surface area contributed by atoms with Gasteiger partial charge in [0.25, 0.3) is 0 Å². The van der Waals surface area contributed by atoms with Crippen LogP contribution in [0.15, 0.2) is 48.5 Å². The van der Waals surface area contributed by atoms with Gasteiger partial charge in [0.2, 0.25) is 5.91 Å². The third kappa shape index (κ3) is 6.57. The number of hydrogen-bond acceptors (Lipinski definition) is 4. The molecule has 1 unspecified atom stereocenters. The number of fused-ring (bicyclic) bond motifs is 3. The first kappa shape index (κ1) is 24.3. The Balaban J connectivity index is 1.62. The standard InChI is InChI=1S/C26H32N2O5/c1-26(2,3)14-15-27-24(31)22(12-13-23(29)30)28-25(32)33-16-21-19-10-6-4-8-17(19)18-9-5-7-11-20(18)21/h4-11,21-22H,12-16H2,1-3H3,(H,27,31)(H,28,32)(H,29,30). The molecule has 7 heteroatoms. The predicted molar refractivity (Wildman–Crippen MR) is 126 cm³/mol. The van der Waals surface area contributed by atoms with Crippen molar-refractivity contribution < 1.29 is 24.2 Å².